The Bertz CT molecular complexity index is 774. The van der Waals surface area contributed by atoms with E-state index in [1.165, 1.54) is 21.8 Å². The summed E-state index contributed by atoms with van der Waals surface area (Å²) in [4.78, 5) is 31.3. The van der Waals surface area contributed by atoms with Crippen molar-refractivity contribution in [3.8, 4) is 0 Å². The second-order valence-corrected chi connectivity index (χ2v) is 7.66. The number of imide groups is 1. The quantitative estimate of drug-likeness (QED) is 0.798. The van der Waals surface area contributed by atoms with Gasteiger partial charge >= 0.3 is 0 Å². The minimum atomic E-state index is -0.143. The van der Waals surface area contributed by atoms with Gasteiger partial charge in [0.1, 0.15) is 0 Å². The van der Waals surface area contributed by atoms with E-state index in [9.17, 15) is 9.59 Å². The van der Waals surface area contributed by atoms with E-state index in [-0.39, 0.29) is 23.7 Å². The van der Waals surface area contributed by atoms with Crippen molar-refractivity contribution in [1.82, 2.24) is 4.98 Å². The predicted molar refractivity (Wildman–Crippen MR) is 87.0 cm³/mol. The van der Waals surface area contributed by atoms with Crippen molar-refractivity contribution in [2.24, 2.45) is 23.7 Å². The molecule has 1 aliphatic heterocycles. The molecule has 0 N–H and O–H groups in total. The second kappa shape index (κ2) is 4.74. The molecular formula is C18H16N2O2S. The Morgan fingerprint density at radius 2 is 1.83 bits per heavy atom. The molecule has 2 aliphatic carbocycles. The molecule has 0 radical (unpaired) electrons. The lowest BCUT2D eigenvalue weighted by atomic mass is 9.73. The number of carbonyl (C=O) groups excluding carboxylic acids is 2. The molecule has 2 bridgehead atoms. The van der Waals surface area contributed by atoms with Crippen LogP contribution in [0.3, 0.4) is 0 Å². The molecule has 23 heavy (non-hydrogen) atoms. The first kappa shape index (κ1) is 13.4. The number of carbonyl (C=O) groups is 2. The molecule has 3 aliphatic rings. The summed E-state index contributed by atoms with van der Waals surface area (Å²) in [5, 5.41) is 2.34. The summed E-state index contributed by atoms with van der Waals surface area (Å²) in [6.45, 7) is 0. The van der Waals surface area contributed by atoms with Crippen LogP contribution in [-0.2, 0) is 9.59 Å². The number of hydrogen-bond acceptors (Lipinski definition) is 4. The average molecular weight is 324 g/mol. The van der Waals surface area contributed by atoms with Crippen LogP contribution >= 0.6 is 11.3 Å². The highest BCUT2D eigenvalue weighted by molar-refractivity contribution is 7.14. The zero-order valence-corrected chi connectivity index (χ0v) is 13.3. The van der Waals surface area contributed by atoms with E-state index in [1.54, 1.807) is 6.20 Å². The van der Waals surface area contributed by atoms with Crippen molar-refractivity contribution < 1.29 is 9.59 Å². The molecule has 5 atom stereocenters. The van der Waals surface area contributed by atoms with E-state index >= 15 is 0 Å². The molecule has 1 aromatic carbocycles. The van der Waals surface area contributed by atoms with Crippen molar-refractivity contribution in [3.63, 3.8) is 0 Å². The topological polar surface area (TPSA) is 50.3 Å². The molecule has 0 unspecified atom stereocenters. The van der Waals surface area contributed by atoms with Crippen LogP contribution in [0.25, 0.3) is 0 Å². The molecule has 4 nitrogen and oxygen atoms in total. The summed E-state index contributed by atoms with van der Waals surface area (Å²) in [5.41, 5.74) is 1.31. The lowest BCUT2D eigenvalue weighted by Gasteiger charge is -2.28. The van der Waals surface area contributed by atoms with E-state index < -0.39 is 0 Å². The van der Waals surface area contributed by atoms with Crippen LogP contribution in [0.15, 0.2) is 41.9 Å². The molecule has 2 saturated carbocycles. The molecule has 0 spiro atoms. The van der Waals surface area contributed by atoms with Crippen LogP contribution in [0.4, 0.5) is 5.13 Å². The third-order valence-corrected chi connectivity index (χ3v) is 6.61. The summed E-state index contributed by atoms with van der Waals surface area (Å²) >= 11 is 1.36. The molecule has 5 heteroatoms. The van der Waals surface area contributed by atoms with Crippen LogP contribution in [0.1, 0.15) is 24.3 Å². The Kier molecular flexibility index (Phi) is 2.77. The second-order valence-electron chi connectivity index (χ2n) is 6.79. The number of anilines is 1. The number of amides is 2. The van der Waals surface area contributed by atoms with Crippen molar-refractivity contribution in [2.75, 3.05) is 4.90 Å². The van der Waals surface area contributed by atoms with E-state index in [1.807, 2.05) is 11.4 Å². The van der Waals surface area contributed by atoms with Crippen LogP contribution < -0.4 is 4.90 Å². The van der Waals surface area contributed by atoms with Gasteiger partial charge in [0.25, 0.3) is 0 Å². The van der Waals surface area contributed by atoms with Gasteiger partial charge in [0.05, 0.1) is 11.8 Å². The maximum absolute atomic E-state index is 12.9. The van der Waals surface area contributed by atoms with Gasteiger partial charge in [-0.3, -0.25) is 9.59 Å². The number of fused-ring (bicyclic) bond motifs is 5. The standard InChI is InChI=1S/C18H16N2O2S/c21-16-14-11-8-12(10-4-2-1-3-5-10)13(9-11)15(14)17(22)20(16)18-19-6-7-23-18/h1-7,11-15H,8-9H2/t11-,12+,13-,14+,15+/m0/s1. The lowest BCUT2D eigenvalue weighted by molar-refractivity contribution is -0.123. The highest BCUT2D eigenvalue weighted by atomic mass is 32.1. The van der Waals surface area contributed by atoms with Crippen LogP contribution in [-0.4, -0.2) is 16.8 Å². The van der Waals surface area contributed by atoms with E-state index in [2.05, 4.69) is 29.2 Å². The first-order valence-corrected chi connectivity index (χ1v) is 8.96. The minimum absolute atomic E-state index is 0.0195. The first-order valence-electron chi connectivity index (χ1n) is 8.08. The zero-order chi connectivity index (χ0) is 15.6. The zero-order valence-electron chi connectivity index (χ0n) is 12.5. The third-order valence-electron chi connectivity index (χ3n) is 5.85. The van der Waals surface area contributed by atoms with Crippen LogP contribution in [0, 0.1) is 23.7 Å². The van der Waals surface area contributed by atoms with E-state index in [4.69, 9.17) is 0 Å². The Balaban J connectivity index is 1.51. The molecule has 2 heterocycles. The Morgan fingerprint density at radius 3 is 2.57 bits per heavy atom. The van der Waals surface area contributed by atoms with Gasteiger partial charge in [0.2, 0.25) is 11.8 Å². The van der Waals surface area contributed by atoms with E-state index in [0.29, 0.717) is 22.9 Å². The van der Waals surface area contributed by atoms with Gasteiger partial charge in [0.15, 0.2) is 5.13 Å². The molecular weight excluding hydrogens is 308 g/mol. The normalized spacial score (nSPS) is 35.1. The Hall–Kier alpha value is -2.01. The minimum Gasteiger partial charge on any atom is -0.274 e. The molecule has 2 amide bonds. The van der Waals surface area contributed by atoms with Crippen molar-refractivity contribution in [1.29, 1.82) is 0 Å². The number of thiazole rings is 1. The maximum Gasteiger partial charge on any atom is 0.239 e. The van der Waals surface area contributed by atoms with Crippen molar-refractivity contribution in [2.45, 2.75) is 18.8 Å². The summed E-state index contributed by atoms with van der Waals surface area (Å²) in [6.07, 6.45) is 3.69. The molecule has 116 valence electrons. The predicted octanol–water partition coefficient (Wildman–Crippen LogP) is 3.07. The van der Waals surface area contributed by atoms with Crippen molar-refractivity contribution >= 4 is 28.3 Å². The summed E-state index contributed by atoms with van der Waals surface area (Å²) < 4.78 is 0. The van der Waals surface area contributed by atoms with Gasteiger partial charge < -0.3 is 0 Å². The van der Waals surface area contributed by atoms with Crippen LogP contribution in [0.5, 0.6) is 0 Å². The van der Waals surface area contributed by atoms with Crippen LogP contribution in [0.2, 0.25) is 0 Å². The molecule has 5 rings (SSSR count). The number of rotatable bonds is 2. The summed E-state index contributed by atoms with van der Waals surface area (Å²) in [6, 6.07) is 10.4. The SMILES string of the molecule is O=C1[C@@H]2[C@@H]3C[C@H]([C@H]2C(=O)N1c1nccs1)[C@@H](c1ccccc1)C3. The number of benzene rings is 1. The molecule has 1 aromatic heterocycles. The maximum atomic E-state index is 12.9. The Morgan fingerprint density at radius 1 is 1.04 bits per heavy atom. The lowest BCUT2D eigenvalue weighted by Crippen LogP contribution is -2.32. The number of nitrogens with zero attached hydrogens (tertiary/aromatic N) is 2. The average Bonchev–Trinajstić information content (AvgIpc) is 3.32. The molecule has 2 aromatic rings. The number of aromatic nitrogens is 1. The molecule has 3 fully saturated rings. The van der Waals surface area contributed by atoms with Gasteiger partial charge in [-0.15, -0.1) is 11.3 Å². The fourth-order valence-corrected chi connectivity index (χ4v) is 5.71. The monoisotopic (exact) mass is 324 g/mol. The van der Waals surface area contributed by atoms with Gasteiger partial charge in [-0.05, 0) is 36.2 Å². The largest absolute Gasteiger partial charge is 0.274 e. The highest BCUT2D eigenvalue weighted by Gasteiger charge is 2.64. The highest BCUT2D eigenvalue weighted by Crippen LogP contribution is 2.61. The van der Waals surface area contributed by atoms with Crippen molar-refractivity contribution in [3.05, 3.63) is 47.5 Å². The molecule has 1 saturated heterocycles. The van der Waals surface area contributed by atoms with Gasteiger partial charge in [-0.1, -0.05) is 30.3 Å². The first-order chi connectivity index (χ1) is 11.3. The van der Waals surface area contributed by atoms with E-state index in [0.717, 1.165) is 12.8 Å². The van der Waals surface area contributed by atoms with Gasteiger partial charge in [-0.25, -0.2) is 9.88 Å². The summed E-state index contributed by atoms with van der Waals surface area (Å²) in [7, 11) is 0. The fourth-order valence-electron chi connectivity index (χ4n) is 5.06. The third kappa shape index (κ3) is 1.74. The number of hydrogen-bond donors (Lipinski definition) is 0. The summed E-state index contributed by atoms with van der Waals surface area (Å²) in [5.74, 6) is 0.754. The Labute approximate surface area is 138 Å². The van der Waals surface area contributed by atoms with Gasteiger partial charge in [0, 0.05) is 11.6 Å². The fraction of sp³-hybridized carbons (Fsp3) is 0.389. The smallest absolute Gasteiger partial charge is 0.239 e. The van der Waals surface area contributed by atoms with Gasteiger partial charge in [-0.2, -0.15) is 0 Å².